The summed E-state index contributed by atoms with van der Waals surface area (Å²) in [6, 6.07) is 16.9. The van der Waals surface area contributed by atoms with Crippen molar-refractivity contribution in [1.29, 1.82) is 0 Å². The number of phenols is 1. The molecule has 1 fully saturated rings. The van der Waals surface area contributed by atoms with Crippen LogP contribution in [0.1, 0.15) is 21.6 Å². The first-order valence-electron chi connectivity index (χ1n) is 9.13. The van der Waals surface area contributed by atoms with Gasteiger partial charge in [0.05, 0.1) is 11.6 Å². The van der Waals surface area contributed by atoms with Gasteiger partial charge in [-0.2, -0.15) is 0 Å². The molecule has 2 atom stereocenters. The molecule has 5 nitrogen and oxygen atoms in total. The molecule has 27 heavy (non-hydrogen) atoms. The summed E-state index contributed by atoms with van der Waals surface area (Å²) in [6.45, 7) is 2.56. The third-order valence-electron chi connectivity index (χ3n) is 5.28. The number of benzene rings is 2. The Morgan fingerprint density at radius 2 is 1.96 bits per heavy atom. The van der Waals surface area contributed by atoms with Crippen LogP contribution in [0.15, 0.2) is 54.6 Å². The molecule has 1 aliphatic rings. The molecule has 5 heteroatoms. The highest BCUT2D eigenvalue weighted by atomic mass is 16.3. The van der Waals surface area contributed by atoms with Crippen molar-refractivity contribution in [3.05, 3.63) is 71.4 Å². The van der Waals surface area contributed by atoms with E-state index in [0.29, 0.717) is 25.1 Å². The van der Waals surface area contributed by atoms with E-state index in [9.17, 15) is 15.0 Å². The first-order chi connectivity index (χ1) is 13.0. The van der Waals surface area contributed by atoms with Crippen molar-refractivity contribution in [2.24, 2.45) is 5.92 Å². The smallest absolute Gasteiger partial charge is 0.254 e. The summed E-state index contributed by atoms with van der Waals surface area (Å²) in [5, 5.41) is 21.4. The van der Waals surface area contributed by atoms with E-state index in [0.717, 1.165) is 22.2 Å². The standard InChI is InChI=1S/C22H22N2O3/c1-14-6-7-16(11-20(14)25)22(27)24-12-17(21(26)13-24)10-18-9-8-15-4-2-3-5-19(15)23-18/h2-9,11,17,21,25-26H,10,12-13H2,1H3/t17-,21-/m1/s1. The molecule has 3 aromatic rings. The van der Waals surface area contributed by atoms with Gasteiger partial charge in [0.1, 0.15) is 5.75 Å². The average molecular weight is 362 g/mol. The summed E-state index contributed by atoms with van der Waals surface area (Å²) in [4.78, 5) is 19.0. The molecule has 2 aromatic carbocycles. The largest absolute Gasteiger partial charge is 0.508 e. The lowest BCUT2D eigenvalue weighted by atomic mass is 9.99. The lowest BCUT2D eigenvalue weighted by Crippen LogP contribution is -2.29. The van der Waals surface area contributed by atoms with Crippen molar-refractivity contribution in [3.63, 3.8) is 0 Å². The molecule has 0 spiro atoms. The Morgan fingerprint density at radius 1 is 1.15 bits per heavy atom. The minimum Gasteiger partial charge on any atom is -0.508 e. The normalized spacial score (nSPS) is 19.6. The minimum absolute atomic E-state index is 0.0540. The first kappa shape index (κ1) is 17.5. The molecular formula is C22H22N2O3. The predicted molar refractivity (Wildman–Crippen MR) is 104 cm³/mol. The minimum atomic E-state index is -0.582. The molecule has 2 heterocycles. The lowest BCUT2D eigenvalue weighted by molar-refractivity contribution is 0.0764. The van der Waals surface area contributed by atoms with E-state index >= 15 is 0 Å². The van der Waals surface area contributed by atoms with Gasteiger partial charge in [-0.3, -0.25) is 9.78 Å². The van der Waals surface area contributed by atoms with Gasteiger partial charge in [-0.05, 0) is 43.2 Å². The SMILES string of the molecule is Cc1ccc(C(=O)N2C[C@@H](Cc3ccc4ccccc4n3)[C@H](O)C2)cc1O. The zero-order valence-electron chi connectivity index (χ0n) is 15.2. The summed E-state index contributed by atoms with van der Waals surface area (Å²) in [5.74, 6) is -0.113. The third kappa shape index (κ3) is 3.51. The second-order valence-electron chi connectivity index (χ2n) is 7.24. The molecule has 2 N–H and O–H groups in total. The van der Waals surface area contributed by atoms with Gasteiger partial charge in [0.25, 0.3) is 5.91 Å². The summed E-state index contributed by atoms with van der Waals surface area (Å²) < 4.78 is 0. The number of amides is 1. The van der Waals surface area contributed by atoms with E-state index < -0.39 is 6.10 Å². The molecule has 0 radical (unpaired) electrons. The van der Waals surface area contributed by atoms with Gasteiger partial charge in [0.2, 0.25) is 0 Å². The third-order valence-corrected chi connectivity index (χ3v) is 5.28. The highest BCUT2D eigenvalue weighted by Crippen LogP contribution is 2.25. The number of aliphatic hydroxyl groups is 1. The molecule has 0 aliphatic carbocycles. The molecule has 0 unspecified atom stereocenters. The Morgan fingerprint density at radius 3 is 2.78 bits per heavy atom. The van der Waals surface area contributed by atoms with Gasteiger partial charge < -0.3 is 15.1 Å². The number of fused-ring (bicyclic) bond motifs is 1. The number of β-amino-alcohol motifs (C(OH)–C–C–N with tert-alkyl or cyclic N) is 1. The number of likely N-dealkylation sites (tertiary alicyclic amines) is 1. The van der Waals surface area contributed by atoms with Crippen molar-refractivity contribution in [3.8, 4) is 5.75 Å². The van der Waals surface area contributed by atoms with Crippen LogP contribution in [0.3, 0.4) is 0 Å². The van der Waals surface area contributed by atoms with Crippen molar-refractivity contribution < 1.29 is 15.0 Å². The monoisotopic (exact) mass is 362 g/mol. The van der Waals surface area contributed by atoms with E-state index in [-0.39, 0.29) is 17.6 Å². The number of aliphatic hydroxyl groups excluding tert-OH is 1. The predicted octanol–water partition coefficient (Wildman–Crippen LogP) is 2.92. The first-order valence-corrected chi connectivity index (χ1v) is 9.13. The number of para-hydroxylation sites is 1. The Kier molecular flexibility index (Phi) is 4.54. The van der Waals surface area contributed by atoms with Gasteiger partial charge in [-0.1, -0.05) is 30.3 Å². The molecule has 0 saturated carbocycles. The van der Waals surface area contributed by atoms with Crippen LogP contribution in [0, 0.1) is 12.8 Å². The van der Waals surface area contributed by atoms with Crippen molar-refractivity contribution in [2.75, 3.05) is 13.1 Å². The number of nitrogens with zero attached hydrogens (tertiary/aromatic N) is 2. The quantitative estimate of drug-likeness (QED) is 0.751. The van der Waals surface area contributed by atoms with Crippen LogP contribution in [0.25, 0.3) is 10.9 Å². The van der Waals surface area contributed by atoms with Gasteiger partial charge in [0, 0.05) is 35.7 Å². The molecule has 4 rings (SSSR count). The van der Waals surface area contributed by atoms with Gasteiger partial charge in [0.15, 0.2) is 0 Å². The zero-order chi connectivity index (χ0) is 19.0. The topological polar surface area (TPSA) is 73.7 Å². The van der Waals surface area contributed by atoms with Crippen LogP contribution < -0.4 is 0 Å². The van der Waals surface area contributed by atoms with Crippen molar-refractivity contribution in [1.82, 2.24) is 9.88 Å². The van der Waals surface area contributed by atoms with Crippen LogP contribution in [-0.2, 0) is 6.42 Å². The Bertz CT molecular complexity index is 1000. The number of aromatic nitrogens is 1. The van der Waals surface area contributed by atoms with Gasteiger partial charge in [-0.25, -0.2) is 0 Å². The summed E-state index contributed by atoms with van der Waals surface area (Å²) >= 11 is 0. The second kappa shape index (κ2) is 7.00. The number of carbonyl (C=O) groups excluding carboxylic acids is 1. The molecule has 1 aliphatic heterocycles. The summed E-state index contributed by atoms with van der Waals surface area (Å²) in [7, 11) is 0. The molecule has 138 valence electrons. The molecular weight excluding hydrogens is 340 g/mol. The van der Waals surface area contributed by atoms with E-state index in [2.05, 4.69) is 4.98 Å². The number of hydrogen-bond acceptors (Lipinski definition) is 4. The van der Waals surface area contributed by atoms with E-state index in [1.165, 1.54) is 6.07 Å². The van der Waals surface area contributed by atoms with Crippen LogP contribution in [0.5, 0.6) is 5.75 Å². The van der Waals surface area contributed by atoms with Crippen LogP contribution >= 0.6 is 0 Å². The maximum atomic E-state index is 12.7. The Balaban J connectivity index is 1.48. The highest BCUT2D eigenvalue weighted by Gasteiger charge is 2.34. The summed E-state index contributed by atoms with van der Waals surface area (Å²) in [6.07, 6.45) is 0.0378. The number of phenolic OH excluding ortho intramolecular Hbond substituents is 1. The molecule has 1 amide bonds. The number of aryl methyl sites for hydroxylation is 1. The number of hydrogen-bond donors (Lipinski definition) is 2. The van der Waals surface area contributed by atoms with Crippen LogP contribution in [-0.4, -0.2) is 45.2 Å². The number of rotatable bonds is 3. The van der Waals surface area contributed by atoms with Crippen molar-refractivity contribution in [2.45, 2.75) is 19.4 Å². The Hall–Kier alpha value is -2.92. The molecule has 1 aromatic heterocycles. The van der Waals surface area contributed by atoms with E-state index in [4.69, 9.17) is 0 Å². The molecule has 0 bridgehead atoms. The van der Waals surface area contributed by atoms with Gasteiger partial charge in [-0.15, -0.1) is 0 Å². The fraction of sp³-hybridized carbons (Fsp3) is 0.273. The van der Waals surface area contributed by atoms with Crippen LogP contribution in [0.4, 0.5) is 0 Å². The summed E-state index contributed by atoms with van der Waals surface area (Å²) in [5.41, 5.74) is 3.02. The maximum absolute atomic E-state index is 12.7. The van der Waals surface area contributed by atoms with E-state index in [1.807, 2.05) is 36.4 Å². The lowest BCUT2D eigenvalue weighted by Gasteiger charge is -2.16. The van der Waals surface area contributed by atoms with E-state index in [1.54, 1.807) is 24.0 Å². The fourth-order valence-corrected chi connectivity index (χ4v) is 3.64. The van der Waals surface area contributed by atoms with Crippen molar-refractivity contribution >= 4 is 16.8 Å². The number of aromatic hydroxyl groups is 1. The Labute approximate surface area is 157 Å². The second-order valence-corrected chi connectivity index (χ2v) is 7.24. The number of carbonyl (C=O) groups is 1. The maximum Gasteiger partial charge on any atom is 0.254 e. The zero-order valence-corrected chi connectivity index (χ0v) is 15.2. The fourth-order valence-electron chi connectivity index (χ4n) is 3.64. The average Bonchev–Trinajstić information content (AvgIpc) is 3.04. The highest BCUT2D eigenvalue weighted by molar-refractivity contribution is 5.95. The number of pyridine rings is 1. The van der Waals surface area contributed by atoms with Gasteiger partial charge >= 0.3 is 0 Å². The van der Waals surface area contributed by atoms with Crippen LogP contribution in [0.2, 0.25) is 0 Å². The molecule has 1 saturated heterocycles.